The SMILES string of the molecule is CSc1nc2ccc3nc(NC(=O)Cc4ccc5ccccc5c4)sc3c2s1. The number of fused-ring (bicyclic) bond motifs is 4. The van der Waals surface area contributed by atoms with E-state index in [-0.39, 0.29) is 5.91 Å². The summed E-state index contributed by atoms with van der Waals surface area (Å²) in [7, 11) is 0. The minimum Gasteiger partial charge on any atom is -0.302 e. The molecule has 1 amide bonds. The highest BCUT2D eigenvalue weighted by Crippen LogP contribution is 2.38. The summed E-state index contributed by atoms with van der Waals surface area (Å²) in [6.07, 6.45) is 2.35. The van der Waals surface area contributed by atoms with E-state index in [4.69, 9.17) is 0 Å². The Labute approximate surface area is 173 Å². The van der Waals surface area contributed by atoms with Crippen LogP contribution in [0.3, 0.4) is 0 Å². The number of amides is 1. The highest BCUT2D eigenvalue weighted by Gasteiger charge is 2.13. The fourth-order valence-corrected chi connectivity index (χ4v) is 5.87. The van der Waals surface area contributed by atoms with Crippen molar-refractivity contribution in [3.05, 3.63) is 60.2 Å². The molecule has 4 nitrogen and oxygen atoms in total. The van der Waals surface area contributed by atoms with Gasteiger partial charge < -0.3 is 5.32 Å². The van der Waals surface area contributed by atoms with Gasteiger partial charge in [0.1, 0.15) is 0 Å². The molecule has 7 heteroatoms. The fourth-order valence-electron chi connectivity index (χ4n) is 3.19. The lowest BCUT2D eigenvalue weighted by molar-refractivity contribution is -0.115. The first kappa shape index (κ1) is 17.6. The van der Waals surface area contributed by atoms with Crippen molar-refractivity contribution in [3.8, 4) is 0 Å². The van der Waals surface area contributed by atoms with E-state index in [9.17, 15) is 4.79 Å². The van der Waals surface area contributed by atoms with Gasteiger partial charge in [0.2, 0.25) is 5.91 Å². The van der Waals surface area contributed by atoms with Crippen molar-refractivity contribution in [1.82, 2.24) is 9.97 Å². The molecule has 0 saturated heterocycles. The van der Waals surface area contributed by atoms with Gasteiger partial charge in [-0.25, -0.2) is 9.97 Å². The molecule has 0 spiro atoms. The summed E-state index contributed by atoms with van der Waals surface area (Å²) in [5.74, 6) is -0.0558. The van der Waals surface area contributed by atoms with Crippen LogP contribution in [0.4, 0.5) is 5.13 Å². The van der Waals surface area contributed by atoms with Gasteiger partial charge >= 0.3 is 0 Å². The summed E-state index contributed by atoms with van der Waals surface area (Å²) < 4.78 is 3.25. The summed E-state index contributed by atoms with van der Waals surface area (Å²) in [6, 6.07) is 18.3. The van der Waals surface area contributed by atoms with Crippen LogP contribution in [-0.4, -0.2) is 22.1 Å². The summed E-state index contributed by atoms with van der Waals surface area (Å²) in [6.45, 7) is 0. The highest BCUT2D eigenvalue weighted by molar-refractivity contribution is 8.00. The fraction of sp³-hybridized carbons (Fsp3) is 0.0952. The van der Waals surface area contributed by atoms with Gasteiger partial charge in [-0.1, -0.05) is 65.6 Å². The van der Waals surface area contributed by atoms with Crippen LogP contribution >= 0.6 is 34.4 Å². The van der Waals surface area contributed by atoms with Crippen LogP contribution < -0.4 is 5.32 Å². The molecule has 0 fully saturated rings. The van der Waals surface area contributed by atoms with Gasteiger partial charge in [0.15, 0.2) is 9.47 Å². The molecule has 0 aliphatic rings. The van der Waals surface area contributed by atoms with Crippen LogP contribution in [0.2, 0.25) is 0 Å². The van der Waals surface area contributed by atoms with Crippen molar-refractivity contribution < 1.29 is 4.79 Å². The average Bonchev–Trinajstić information content (AvgIpc) is 3.30. The number of anilines is 1. The topological polar surface area (TPSA) is 54.9 Å². The predicted molar refractivity (Wildman–Crippen MR) is 121 cm³/mol. The molecule has 138 valence electrons. The third kappa shape index (κ3) is 3.26. The smallest absolute Gasteiger partial charge is 0.230 e. The Morgan fingerprint density at radius 2 is 1.71 bits per heavy atom. The maximum Gasteiger partial charge on any atom is 0.230 e. The normalized spacial score (nSPS) is 11.5. The number of nitrogens with zero attached hydrogens (tertiary/aromatic N) is 2. The van der Waals surface area contributed by atoms with E-state index in [1.54, 1.807) is 23.1 Å². The number of thiazole rings is 2. The largest absolute Gasteiger partial charge is 0.302 e. The second-order valence-corrected chi connectivity index (χ2v) is 9.42. The Hall–Kier alpha value is -2.48. The van der Waals surface area contributed by atoms with E-state index >= 15 is 0 Å². The number of thioether (sulfide) groups is 1. The van der Waals surface area contributed by atoms with E-state index in [2.05, 4.69) is 39.6 Å². The summed E-state index contributed by atoms with van der Waals surface area (Å²) in [5, 5.41) is 5.91. The Kier molecular flexibility index (Phi) is 4.50. The average molecular weight is 422 g/mol. The molecule has 0 bridgehead atoms. The van der Waals surface area contributed by atoms with Gasteiger partial charge in [0, 0.05) is 0 Å². The Bertz CT molecular complexity index is 1340. The number of hydrogen-bond donors (Lipinski definition) is 1. The van der Waals surface area contributed by atoms with Gasteiger partial charge in [-0.2, -0.15) is 0 Å². The lowest BCUT2D eigenvalue weighted by Crippen LogP contribution is -2.14. The van der Waals surface area contributed by atoms with Crippen LogP contribution in [0.15, 0.2) is 58.9 Å². The lowest BCUT2D eigenvalue weighted by Gasteiger charge is -2.04. The van der Waals surface area contributed by atoms with Crippen molar-refractivity contribution in [2.24, 2.45) is 0 Å². The molecule has 0 saturated carbocycles. The molecule has 5 aromatic rings. The Balaban J connectivity index is 1.40. The molecule has 0 radical (unpaired) electrons. The van der Waals surface area contributed by atoms with Crippen LogP contribution in [0.25, 0.3) is 31.2 Å². The first-order valence-electron chi connectivity index (χ1n) is 8.71. The summed E-state index contributed by atoms with van der Waals surface area (Å²) in [5.41, 5.74) is 2.88. The number of carbonyl (C=O) groups is 1. The van der Waals surface area contributed by atoms with Crippen LogP contribution in [0.1, 0.15) is 5.56 Å². The molecule has 28 heavy (non-hydrogen) atoms. The second-order valence-electron chi connectivity index (χ2n) is 6.37. The molecule has 1 N–H and O–H groups in total. The van der Waals surface area contributed by atoms with Gasteiger partial charge in [-0.15, -0.1) is 11.3 Å². The van der Waals surface area contributed by atoms with Crippen LogP contribution in [-0.2, 0) is 11.2 Å². The highest BCUT2D eigenvalue weighted by atomic mass is 32.2. The number of rotatable bonds is 4. The van der Waals surface area contributed by atoms with Gasteiger partial charge in [-0.3, -0.25) is 4.79 Å². The van der Waals surface area contributed by atoms with Gasteiger partial charge in [0.05, 0.1) is 26.9 Å². The maximum absolute atomic E-state index is 12.6. The zero-order chi connectivity index (χ0) is 19.1. The van der Waals surface area contributed by atoms with Gasteiger partial charge in [0.25, 0.3) is 0 Å². The molecule has 0 aliphatic carbocycles. The zero-order valence-corrected chi connectivity index (χ0v) is 17.4. The molecule has 0 unspecified atom stereocenters. The molecule has 5 rings (SSSR count). The summed E-state index contributed by atoms with van der Waals surface area (Å²) >= 11 is 4.83. The Morgan fingerprint density at radius 3 is 2.54 bits per heavy atom. The van der Waals surface area contributed by atoms with Crippen molar-refractivity contribution in [2.45, 2.75) is 10.8 Å². The van der Waals surface area contributed by atoms with E-state index in [1.807, 2.05) is 36.6 Å². The molecule has 3 aromatic carbocycles. The number of carbonyl (C=O) groups excluding carboxylic acids is 1. The zero-order valence-electron chi connectivity index (χ0n) is 14.9. The minimum absolute atomic E-state index is 0.0558. The first-order valence-corrected chi connectivity index (χ1v) is 11.6. The van der Waals surface area contributed by atoms with Crippen molar-refractivity contribution in [2.75, 3.05) is 11.6 Å². The number of nitrogens with one attached hydrogen (secondary N) is 1. The monoisotopic (exact) mass is 421 g/mol. The van der Waals surface area contributed by atoms with Crippen molar-refractivity contribution >= 4 is 76.7 Å². The molecular weight excluding hydrogens is 406 g/mol. The maximum atomic E-state index is 12.6. The Morgan fingerprint density at radius 1 is 0.964 bits per heavy atom. The van der Waals surface area contributed by atoms with Crippen molar-refractivity contribution in [3.63, 3.8) is 0 Å². The number of aromatic nitrogens is 2. The van der Waals surface area contributed by atoms with E-state index in [0.29, 0.717) is 11.6 Å². The number of hydrogen-bond acceptors (Lipinski definition) is 6. The minimum atomic E-state index is -0.0558. The van der Waals surface area contributed by atoms with E-state index in [0.717, 1.165) is 35.7 Å². The lowest BCUT2D eigenvalue weighted by atomic mass is 10.1. The summed E-state index contributed by atoms with van der Waals surface area (Å²) in [4.78, 5) is 21.7. The van der Waals surface area contributed by atoms with Crippen LogP contribution in [0.5, 0.6) is 0 Å². The van der Waals surface area contributed by atoms with Crippen molar-refractivity contribution in [1.29, 1.82) is 0 Å². The predicted octanol–water partition coefficient (Wildman–Crippen LogP) is 5.96. The molecule has 2 aromatic heterocycles. The first-order chi connectivity index (χ1) is 13.7. The molecule has 0 atom stereocenters. The van der Waals surface area contributed by atoms with E-state index < -0.39 is 0 Å². The van der Waals surface area contributed by atoms with E-state index in [1.165, 1.54) is 16.7 Å². The standard InChI is InChI=1S/C21H15N3OS3/c1-26-21-23-16-9-8-15-18(19(16)28-21)27-20(22-15)24-17(25)11-12-6-7-13-4-2-3-5-14(13)10-12/h2-10H,11H2,1H3,(H,22,24,25). The van der Waals surface area contributed by atoms with Gasteiger partial charge in [-0.05, 0) is 34.7 Å². The number of benzene rings is 3. The molecule has 0 aliphatic heterocycles. The quantitative estimate of drug-likeness (QED) is 0.364. The molecular formula is C21H15N3OS3. The molecule has 2 heterocycles. The third-order valence-corrected chi connectivity index (χ3v) is 7.70. The second kappa shape index (κ2) is 7.16. The third-order valence-electron chi connectivity index (χ3n) is 4.49. The van der Waals surface area contributed by atoms with Crippen LogP contribution in [0, 0.1) is 0 Å².